The van der Waals surface area contributed by atoms with Gasteiger partial charge >= 0.3 is 5.97 Å². The molecule has 4 nitrogen and oxygen atoms in total. The van der Waals surface area contributed by atoms with Crippen LogP contribution >= 0.6 is 15.9 Å². The first kappa shape index (κ1) is 15.4. The molecule has 0 radical (unpaired) electrons. The largest absolute Gasteiger partial charge is 0.479 e. The Morgan fingerprint density at radius 1 is 1.38 bits per heavy atom. The third-order valence-corrected chi connectivity index (χ3v) is 3.97. The molecule has 0 bridgehead atoms. The van der Waals surface area contributed by atoms with Crippen molar-refractivity contribution in [3.8, 4) is 0 Å². The summed E-state index contributed by atoms with van der Waals surface area (Å²) in [7, 11) is 0. The highest BCUT2D eigenvalue weighted by Gasteiger charge is 2.40. The molecule has 6 heteroatoms. The van der Waals surface area contributed by atoms with E-state index in [1.807, 2.05) is 12.1 Å². The summed E-state index contributed by atoms with van der Waals surface area (Å²) in [6, 6.07) is 9.80. The quantitative estimate of drug-likeness (QED) is 0.859. The predicted octanol–water partition coefficient (Wildman–Crippen LogP) is 3.79. The Morgan fingerprint density at radius 2 is 2.10 bits per heavy atom. The van der Waals surface area contributed by atoms with Crippen LogP contribution in [0.25, 0.3) is 0 Å². The second-order valence-electron chi connectivity index (χ2n) is 4.53. The van der Waals surface area contributed by atoms with Crippen LogP contribution in [0, 0.1) is 5.82 Å². The molecule has 110 valence electrons. The minimum atomic E-state index is -1.42. The minimum Gasteiger partial charge on any atom is -0.479 e. The number of nitrogens with zero attached hydrogens (tertiary/aromatic N) is 1. The number of halogens is 2. The van der Waals surface area contributed by atoms with Gasteiger partial charge < -0.3 is 10.4 Å². The van der Waals surface area contributed by atoms with Crippen molar-refractivity contribution in [2.45, 2.75) is 18.9 Å². The molecule has 2 aromatic rings. The number of carboxylic acids is 1. The number of rotatable bonds is 5. The van der Waals surface area contributed by atoms with Crippen LogP contribution in [-0.2, 0) is 10.3 Å². The van der Waals surface area contributed by atoms with Gasteiger partial charge in [0.05, 0.1) is 11.9 Å². The van der Waals surface area contributed by atoms with Gasteiger partial charge in [0.1, 0.15) is 5.82 Å². The van der Waals surface area contributed by atoms with Crippen molar-refractivity contribution in [1.29, 1.82) is 0 Å². The maximum absolute atomic E-state index is 13.0. The van der Waals surface area contributed by atoms with E-state index in [0.717, 1.165) is 10.7 Å². The second kappa shape index (κ2) is 6.22. The summed E-state index contributed by atoms with van der Waals surface area (Å²) < 4.78 is 13.8. The van der Waals surface area contributed by atoms with Gasteiger partial charge in [0.2, 0.25) is 0 Å². The standard InChI is InChI=1S/C15H14BrFN2O2/c1-2-15(14(20)21,13-8-7-10(17)9-18-13)19-12-6-4-3-5-11(12)16/h3-9,19H,2H2,1H3,(H,20,21). The lowest BCUT2D eigenvalue weighted by atomic mass is 9.91. The number of hydrogen-bond acceptors (Lipinski definition) is 3. The Labute approximate surface area is 130 Å². The van der Waals surface area contributed by atoms with E-state index >= 15 is 0 Å². The molecule has 21 heavy (non-hydrogen) atoms. The molecule has 0 aliphatic heterocycles. The predicted molar refractivity (Wildman–Crippen MR) is 81.6 cm³/mol. The number of hydrogen-bond donors (Lipinski definition) is 2. The number of anilines is 1. The highest BCUT2D eigenvalue weighted by Crippen LogP contribution is 2.32. The summed E-state index contributed by atoms with van der Waals surface area (Å²) in [6.45, 7) is 1.74. The van der Waals surface area contributed by atoms with E-state index in [1.54, 1.807) is 19.1 Å². The van der Waals surface area contributed by atoms with Crippen LogP contribution in [0.2, 0.25) is 0 Å². The fraction of sp³-hybridized carbons (Fsp3) is 0.200. The van der Waals surface area contributed by atoms with Crippen LogP contribution in [0.15, 0.2) is 47.1 Å². The molecule has 0 fully saturated rings. The Kier molecular flexibility index (Phi) is 4.57. The van der Waals surface area contributed by atoms with Gasteiger partial charge in [-0.15, -0.1) is 0 Å². The Hall–Kier alpha value is -1.95. The van der Waals surface area contributed by atoms with Gasteiger partial charge in [0.15, 0.2) is 5.54 Å². The Bertz CT molecular complexity index is 648. The molecule has 0 spiro atoms. The SMILES string of the molecule is CCC(Nc1ccccc1Br)(C(=O)O)c1ccc(F)cn1. The first-order chi connectivity index (χ1) is 9.99. The number of nitrogens with one attached hydrogen (secondary N) is 1. The summed E-state index contributed by atoms with van der Waals surface area (Å²) in [5.41, 5.74) is -0.528. The molecule has 2 rings (SSSR count). The molecule has 1 unspecified atom stereocenters. The van der Waals surface area contributed by atoms with Crippen LogP contribution in [0.3, 0.4) is 0 Å². The lowest BCUT2D eigenvalue weighted by Gasteiger charge is -2.30. The van der Waals surface area contributed by atoms with Gasteiger partial charge in [0, 0.05) is 10.2 Å². The van der Waals surface area contributed by atoms with E-state index in [9.17, 15) is 14.3 Å². The number of para-hydroxylation sites is 1. The number of aliphatic carboxylic acids is 1. The molecular formula is C15H14BrFN2O2. The fourth-order valence-corrected chi connectivity index (χ4v) is 2.45. The molecule has 0 saturated carbocycles. The Balaban J connectivity index is 2.50. The number of benzene rings is 1. The molecule has 1 atom stereocenters. The minimum absolute atomic E-state index is 0.252. The van der Waals surface area contributed by atoms with E-state index in [0.29, 0.717) is 5.69 Å². The lowest BCUT2D eigenvalue weighted by molar-refractivity contribution is -0.143. The van der Waals surface area contributed by atoms with Crippen molar-refractivity contribution in [2.75, 3.05) is 5.32 Å². The zero-order chi connectivity index (χ0) is 15.5. The van der Waals surface area contributed by atoms with E-state index in [-0.39, 0.29) is 12.1 Å². The Morgan fingerprint density at radius 3 is 2.62 bits per heavy atom. The molecule has 0 amide bonds. The third kappa shape index (κ3) is 3.05. The summed E-state index contributed by atoms with van der Waals surface area (Å²) in [5, 5.41) is 12.7. The molecule has 1 aromatic carbocycles. The summed E-state index contributed by atoms with van der Waals surface area (Å²) in [5.74, 6) is -1.57. The van der Waals surface area contributed by atoms with Gasteiger partial charge in [-0.05, 0) is 46.6 Å². The van der Waals surface area contributed by atoms with E-state index in [1.165, 1.54) is 12.1 Å². The molecule has 2 N–H and O–H groups in total. The highest BCUT2D eigenvalue weighted by atomic mass is 79.9. The van der Waals surface area contributed by atoms with Crippen molar-refractivity contribution >= 4 is 27.6 Å². The highest BCUT2D eigenvalue weighted by molar-refractivity contribution is 9.10. The molecule has 1 heterocycles. The number of carbonyl (C=O) groups is 1. The first-order valence-electron chi connectivity index (χ1n) is 6.37. The van der Waals surface area contributed by atoms with E-state index in [4.69, 9.17) is 0 Å². The molecule has 0 aliphatic carbocycles. The second-order valence-corrected chi connectivity index (χ2v) is 5.38. The van der Waals surface area contributed by atoms with Crippen LogP contribution in [0.5, 0.6) is 0 Å². The zero-order valence-corrected chi connectivity index (χ0v) is 12.9. The van der Waals surface area contributed by atoms with Gasteiger partial charge in [0.25, 0.3) is 0 Å². The van der Waals surface area contributed by atoms with E-state index in [2.05, 4.69) is 26.2 Å². The molecular weight excluding hydrogens is 339 g/mol. The number of aromatic nitrogens is 1. The smallest absolute Gasteiger partial charge is 0.335 e. The topological polar surface area (TPSA) is 62.2 Å². The van der Waals surface area contributed by atoms with Crippen molar-refractivity contribution in [2.24, 2.45) is 0 Å². The maximum atomic E-state index is 13.0. The maximum Gasteiger partial charge on any atom is 0.335 e. The van der Waals surface area contributed by atoms with Gasteiger partial charge in [-0.2, -0.15) is 0 Å². The van der Waals surface area contributed by atoms with Crippen LogP contribution < -0.4 is 5.32 Å². The van der Waals surface area contributed by atoms with Crippen molar-refractivity contribution < 1.29 is 14.3 Å². The lowest BCUT2D eigenvalue weighted by Crippen LogP contribution is -2.43. The molecule has 0 saturated heterocycles. The number of pyridine rings is 1. The van der Waals surface area contributed by atoms with Crippen LogP contribution in [0.1, 0.15) is 19.0 Å². The summed E-state index contributed by atoms with van der Waals surface area (Å²) in [6.07, 6.45) is 1.27. The fourth-order valence-electron chi connectivity index (χ4n) is 2.07. The first-order valence-corrected chi connectivity index (χ1v) is 7.17. The monoisotopic (exact) mass is 352 g/mol. The number of carboxylic acid groups (broad SMARTS) is 1. The van der Waals surface area contributed by atoms with Gasteiger partial charge in [-0.1, -0.05) is 19.1 Å². The van der Waals surface area contributed by atoms with Gasteiger partial charge in [-0.25, -0.2) is 9.18 Å². The van der Waals surface area contributed by atoms with Crippen molar-refractivity contribution in [3.05, 3.63) is 58.6 Å². The van der Waals surface area contributed by atoms with E-state index < -0.39 is 17.3 Å². The van der Waals surface area contributed by atoms with Crippen molar-refractivity contribution in [3.63, 3.8) is 0 Å². The summed E-state index contributed by atoms with van der Waals surface area (Å²) in [4.78, 5) is 15.8. The van der Waals surface area contributed by atoms with Crippen LogP contribution in [0.4, 0.5) is 10.1 Å². The molecule has 0 aliphatic rings. The summed E-state index contributed by atoms with van der Waals surface area (Å²) >= 11 is 3.38. The normalized spacial score (nSPS) is 13.5. The third-order valence-electron chi connectivity index (χ3n) is 3.28. The average molecular weight is 353 g/mol. The van der Waals surface area contributed by atoms with Gasteiger partial charge in [-0.3, -0.25) is 4.98 Å². The van der Waals surface area contributed by atoms with Crippen LogP contribution in [-0.4, -0.2) is 16.1 Å². The average Bonchev–Trinajstić information content (AvgIpc) is 2.47. The zero-order valence-electron chi connectivity index (χ0n) is 11.3. The van der Waals surface area contributed by atoms with Crippen molar-refractivity contribution in [1.82, 2.24) is 4.98 Å². The molecule has 1 aromatic heterocycles.